The van der Waals surface area contributed by atoms with Crippen molar-refractivity contribution < 1.29 is 24.2 Å². The zero-order valence-electron chi connectivity index (χ0n) is 13.0. The van der Waals surface area contributed by atoms with Gasteiger partial charge in [-0.15, -0.1) is 11.8 Å². The summed E-state index contributed by atoms with van der Waals surface area (Å²) in [5, 5.41) is 12.0. The number of carbonyl (C=O) groups excluding carboxylic acids is 2. The molecule has 7 nitrogen and oxygen atoms in total. The van der Waals surface area contributed by atoms with E-state index in [0.29, 0.717) is 22.4 Å². The Hall–Kier alpha value is -2.00. The molecular weight excluding hydrogens is 412 g/mol. The number of β-lactam (4-membered cyclic amide) rings is 1. The highest BCUT2D eigenvalue weighted by atomic mass is 79.9. The van der Waals surface area contributed by atoms with E-state index in [1.54, 1.807) is 24.3 Å². The van der Waals surface area contributed by atoms with Crippen LogP contribution in [0.5, 0.6) is 5.75 Å². The quantitative estimate of drug-likeness (QED) is 0.523. The number of para-hydroxylation sites is 1. The fourth-order valence-electron chi connectivity index (χ4n) is 2.67. The second kappa shape index (κ2) is 7.49. The van der Waals surface area contributed by atoms with Crippen molar-refractivity contribution in [3.63, 3.8) is 0 Å². The molecule has 132 valence electrons. The molecule has 25 heavy (non-hydrogen) atoms. The lowest BCUT2D eigenvalue weighted by atomic mass is 10.0. The highest BCUT2D eigenvalue weighted by Crippen LogP contribution is 2.40. The summed E-state index contributed by atoms with van der Waals surface area (Å²) in [4.78, 5) is 37.1. The van der Waals surface area contributed by atoms with Crippen molar-refractivity contribution in [2.45, 2.75) is 11.4 Å². The number of carboxylic acid groups (broad SMARTS) is 1. The zero-order chi connectivity index (χ0) is 18.0. The normalized spacial score (nSPS) is 22.1. The van der Waals surface area contributed by atoms with Crippen LogP contribution >= 0.6 is 27.7 Å². The van der Waals surface area contributed by atoms with Gasteiger partial charge in [-0.3, -0.25) is 14.5 Å². The van der Waals surface area contributed by atoms with Crippen molar-refractivity contribution >= 4 is 45.5 Å². The van der Waals surface area contributed by atoms with Crippen molar-refractivity contribution in [3.05, 3.63) is 41.6 Å². The number of nitrogens with one attached hydrogen (secondary N) is 1. The maximum Gasteiger partial charge on any atom is 0.352 e. The SMILES string of the molecule is O=C(COc1ccccc1)NC1C(=O)N2C(C(=O)O)=C(CBr)CS[C@H]12. The Morgan fingerprint density at radius 3 is 2.72 bits per heavy atom. The topological polar surface area (TPSA) is 95.9 Å². The Bertz CT molecular complexity index is 739. The van der Waals surface area contributed by atoms with Gasteiger partial charge in [-0.25, -0.2) is 4.79 Å². The third-order valence-corrected chi connectivity index (χ3v) is 5.86. The highest BCUT2D eigenvalue weighted by Gasteiger charge is 2.54. The van der Waals surface area contributed by atoms with E-state index in [2.05, 4.69) is 21.2 Å². The lowest BCUT2D eigenvalue weighted by Crippen LogP contribution is -2.70. The van der Waals surface area contributed by atoms with Gasteiger partial charge in [0.1, 0.15) is 22.9 Å². The average Bonchev–Trinajstić information content (AvgIpc) is 2.63. The van der Waals surface area contributed by atoms with E-state index in [4.69, 9.17) is 4.74 Å². The summed E-state index contributed by atoms with van der Waals surface area (Å²) < 4.78 is 5.35. The molecular formula is C16H15BrN2O5S. The number of carbonyl (C=O) groups is 3. The lowest BCUT2D eigenvalue weighted by Gasteiger charge is -2.49. The number of hydrogen-bond acceptors (Lipinski definition) is 5. The van der Waals surface area contributed by atoms with Crippen LogP contribution in [0, 0.1) is 0 Å². The molecule has 2 amide bonds. The number of nitrogens with zero attached hydrogens (tertiary/aromatic N) is 1. The van der Waals surface area contributed by atoms with Gasteiger partial charge in [0.25, 0.3) is 11.8 Å². The number of aliphatic carboxylic acids is 1. The minimum atomic E-state index is -1.13. The van der Waals surface area contributed by atoms with Gasteiger partial charge in [0.15, 0.2) is 6.61 Å². The Morgan fingerprint density at radius 1 is 1.36 bits per heavy atom. The Kier molecular flexibility index (Phi) is 5.33. The smallest absolute Gasteiger partial charge is 0.352 e. The number of carboxylic acids is 1. The van der Waals surface area contributed by atoms with E-state index >= 15 is 0 Å². The maximum absolute atomic E-state index is 12.3. The van der Waals surface area contributed by atoms with Gasteiger partial charge in [0.05, 0.1) is 0 Å². The number of amides is 2. The van der Waals surface area contributed by atoms with Gasteiger partial charge in [-0.1, -0.05) is 34.1 Å². The third-order valence-electron chi connectivity index (χ3n) is 3.84. The Labute approximate surface area is 156 Å². The molecule has 3 rings (SSSR count). The molecule has 0 bridgehead atoms. The van der Waals surface area contributed by atoms with Crippen LogP contribution < -0.4 is 10.1 Å². The van der Waals surface area contributed by atoms with Crippen LogP contribution in [-0.4, -0.2) is 56.9 Å². The molecule has 0 radical (unpaired) electrons. The van der Waals surface area contributed by atoms with Crippen LogP contribution in [-0.2, 0) is 14.4 Å². The molecule has 2 heterocycles. The minimum Gasteiger partial charge on any atom is -0.484 e. The maximum atomic E-state index is 12.3. The molecule has 0 aromatic heterocycles. The molecule has 2 aliphatic heterocycles. The zero-order valence-corrected chi connectivity index (χ0v) is 15.4. The first-order valence-corrected chi connectivity index (χ1v) is 9.63. The average molecular weight is 427 g/mol. The van der Waals surface area contributed by atoms with Gasteiger partial charge < -0.3 is 15.2 Å². The number of hydrogen-bond donors (Lipinski definition) is 2. The molecule has 0 saturated carbocycles. The van der Waals surface area contributed by atoms with Gasteiger partial charge >= 0.3 is 5.97 Å². The number of rotatable bonds is 6. The van der Waals surface area contributed by atoms with E-state index in [1.165, 1.54) is 16.7 Å². The van der Waals surface area contributed by atoms with Gasteiger partial charge in [0.2, 0.25) is 0 Å². The van der Waals surface area contributed by atoms with Crippen LogP contribution in [0.1, 0.15) is 0 Å². The van der Waals surface area contributed by atoms with Crippen molar-refractivity contribution in [1.82, 2.24) is 10.2 Å². The summed E-state index contributed by atoms with van der Waals surface area (Å²) in [6.45, 7) is -0.209. The molecule has 1 saturated heterocycles. The Balaban J connectivity index is 1.61. The number of ether oxygens (including phenoxy) is 1. The summed E-state index contributed by atoms with van der Waals surface area (Å²) in [6, 6.07) is 8.14. The van der Waals surface area contributed by atoms with Crippen molar-refractivity contribution in [3.8, 4) is 5.75 Å². The molecule has 2 aliphatic rings. The molecule has 1 fully saturated rings. The molecule has 2 atom stereocenters. The van der Waals surface area contributed by atoms with E-state index in [-0.39, 0.29) is 12.3 Å². The number of benzene rings is 1. The third kappa shape index (κ3) is 3.52. The fourth-order valence-corrected chi connectivity index (χ4v) is 4.74. The van der Waals surface area contributed by atoms with Gasteiger partial charge in [-0.2, -0.15) is 0 Å². The highest BCUT2D eigenvalue weighted by molar-refractivity contribution is 9.09. The van der Waals surface area contributed by atoms with Crippen LogP contribution in [0.15, 0.2) is 41.6 Å². The van der Waals surface area contributed by atoms with Crippen LogP contribution in [0.3, 0.4) is 0 Å². The monoisotopic (exact) mass is 426 g/mol. The molecule has 9 heteroatoms. The van der Waals surface area contributed by atoms with Crippen molar-refractivity contribution in [2.75, 3.05) is 17.7 Å². The first-order valence-electron chi connectivity index (χ1n) is 7.46. The molecule has 1 aromatic rings. The van der Waals surface area contributed by atoms with Gasteiger partial charge in [0, 0.05) is 11.1 Å². The minimum absolute atomic E-state index is 0.0108. The molecule has 1 aromatic carbocycles. The lowest BCUT2D eigenvalue weighted by molar-refractivity contribution is -0.150. The largest absolute Gasteiger partial charge is 0.484 e. The number of halogens is 1. The summed E-state index contributed by atoms with van der Waals surface area (Å²) in [6.07, 6.45) is 0. The molecule has 1 unspecified atom stereocenters. The first kappa shape index (κ1) is 17.8. The summed E-state index contributed by atoms with van der Waals surface area (Å²) in [5.41, 5.74) is 0.663. The van der Waals surface area contributed by atoms with E-state index in [1.807, 2.05) is 6.07 Å². The fraction of sp³-hybridized carbons (Fsp3) is 0.312. The van der Waals surface area contributed by atoms with Crippen LogP contribution in [0.2, 0.25) is 0 Å². The van der Waals surface area contributed by atoms with Crippen LogP contribution in [0.25, 0.3) is 0 Å². The van der Waals surface area contributed by atoms with Crippen LogP contribution in [0.4, 0.5) is 0 Å². The predicted octanol–water partition coefficient (Wildman–Crippen LogP) is 1.20. The van der Waals surface area contributed by atoms with Crippen molar-refractivity contribution in [1.29, 1.82) is 0 Å². The second-order valence-electron chi connectivity index (χ2n) is 5.45. The molecule has 0 aliphatic carbocycles. The van der Waals surface area contributed by atoms with E-state index in [9.17, 15) is 19.5 Å². The molecule has 0 spiro atoms. The Morgan fingerprint density at radius 2 is 2.08 bits per heavy atom. The number of alkyl halides is 1. The summed E-state index contributed by atoms with van der Waals surface area (Å²) in [7, 11) is 0. The summed E-state index contributed by atoms with van der Waals surface area (Å²) in [5.74, 6) is -0.917. The molecule has 2 N–H and O–H groups in total. The van der Waals surface area contributed by atoms with Crippen molar-refractivity contribution in [2.24, 2.45) is 0 Å². The van der Waals surface area contributed by atoms with E-state index < -0.39 is 29.2 Å². The van der Waals surface area contributed by atoms with Gasteiger partial charge in [-0.05, 0) is 17.7 Å². The van der Waals surface area contributed by atoms with E-state index in [0.717, 1.165) is 0 Å². The second-order valence-corrected chi connectivity index (χ2v) is 7.11. The number of thioether (sulfide) groups is 1. The standard InChI is InChI=1S/C16H15BrN2O5S/c17-6-9-8-25-15-12(14(21)19(15)13(9)16(22)23)18-11(20)7-24-10-4-2-1-3-5-10/h1-5,12,15H,6-8H2,(H,18,20)(H,22,23)/t12?,15-/m1/s1. The number of fused-ring (bicyclic) bond motifs is 1. The first-order chi connectivity index (χ1) is 12.0. The predicted molar refractivity (Wildman–Crippen MR) is 95.4 cm³/mol. The summed E-state index contributed by atoms with van der Waals surface area (Å²) >= 11 is 4.68.